The van der Waals surface area contributed by atoms with Gasteiger partial charge in [-0.1, -0.05) is 155 Å². The monoisotopic (exact) mass is 448 g/mol. The molecule has 0 fully saturated rings. The third-order valence-corrected chi connectivity index (χ3v) is 19.3. The minimum atomic E-state index is -2.36. The quantitative estimate of drug-likeness (QED) is 0.310. The summed E-state index contributed by atoms with van der Waals surface area (Å²) >= 11 is 7.67. The second-order valence-electron chi connectivity index (χ2n) is 8.03. The van der Waals surface area contributed by atoms with E-state index in [1.165, 1.54) is 20.7 Å². The summed E-state index contributed by atoms with van der Waals surface area (Å²) < 4.78 is 1.16. The van der Waals surface area contributed by atoms with Crippen LogP contribution in [0.5, 0.6) is 0 Å². The molecule has 0 radical (unpaired) electrons. The summed E-state index contributed by atoms with van der Waals surface area (Å²) in [6.45, 7) is 4.83. The molecule has 0 aliphatic carbocycles. The third-order valence-electron chi connectivity index (χ3n) is 6.28. The van der Waals surface area contributed by atoms with Gasteiger partial charge in [-0.2, -0.15) is 0 Å². The summed E-state index contributed by atoms with van der Waals surface area (Å²) in [6, 6.07) is 43.5. The molecule has 0 aliphatic rings. The van der Waals surface area contributed by atoms with Gasteiger partial charge in [0.15, 0.2) is 0 Å². The van der Waals surface area contributed by atoms with Crippen LogP contribution in [0.2, 0.25) is 13.1 Å². The van der Waals surface area contributed by atoms with Gasteiger partial charge in [-0.15, -0.1) is 0 Å². The number of rotatable bonds is 6. The maximum absolute atomic E-state index is 7.67. The Labute approximate surface area is 205 Å². The second kappa shape index (κ2) is 10.2. The van der Waals surface area contributed by atoms with Gasteiger partial charge in [0.1, 0.15) is 0 Å². The van der Waals surface area contributed by atoms with Crippen LogP contribution < -0.4 is 39.6 Å². The van der Waals surface area contributed by atoms with Crippen LogP contribution in [0.25, 0.3) is 0 Å². The standard InChI is InChI=1S/C27H26ClSi2.Li/c1-29(23-15-7-3-8-16-23,24-17-9-4-10-18-24)27(28)30(2,25-19-11-5-12-20-25)26-21-13-6-14-22-26;/h3-22H,1-2H3;/q-1;+1. The van der Waals surface area contributed by atoms with Crippen molar-refractivity contribution in [3.63, 3.8) is 0 Å². The van der Waals surface area contributed by atoms with Crippen molar-refractivity contribution in [2.45, 2.75) is 13.1 Å². The van der Waals surface area contributed by atoms with Crippen LogP contribution in [-0.4, -0.2) is 16.1 Å². The zero-order valence-electron chi connectivity index (χ0n) is 18.4. The van der Waals surface area contributed by atoms with Crippen molar-refractivity contribution in [3.8, 4) is 0 Å². The molecule has 0 saturated heterocycles. The minimum absolute atomic E-state index is 0. The Hall–Kier alpha value is -1.80. The molecule has 4 aromatic rings. The molecule has 0 unspecified atom stereocenters. The van der Waals surface area contributed by atoms with E-state index in [0.29, 0.717) is 0 Å². The largest absolute Gasteiger partial charge is 1.00 e. The first-order chi connectivity index (χ1) is 14.6. The van der Waals surface area contributed by atoms with Gasteiger partial charge in [0, 0.05) is 0 Å². The molecule has 0 saturated carbocycles. The number of benzene rings is 4. The smallest absolute Gasteiger partial charge is 0.348 e. The fourth-order valence-electron chi connectivity index (χ4n) is 4.43. The summed E-state index contributed by atoms with van der Waals surface area (Å²) in [5.41, 5.74) is 0. The Morgan fingerprint density at radius 2 is 0.645 bits per heavy atom. The van der Waals surface area contributed by atoms with Crippen molar-refractivity contribution in [3.05, 3.63) is 126 Å². The summed E-state index contributed by atoms with van der Waals surface area (Å²) in [7, 11) is -4.72. The van der Waals surface area contributed by atoms with Gasteiger partial charge in [0.25, 0.3) is 0 Å². The van der Waals surface area contributed by atoms with E-state index in [4.69, 9.17) is 11.6 Å². The van der Waals surface area contributed by atoms with Gasteiger partial charge in [0.05, 0.1) is 0 Å². The minimum Gasteiger partial charge on any atom is -0.348 e. The first kappa shape index (κ1) is 23.9. The normalized spacial score (nSPS) is 11.7. The molecular formula is C27H26ClLiSi2. The van der Waals surface area contributed by atoms with Crippen molar-refractivity contribution in [2.24, 2.45) is 0 Å². The zero-order chi connectivity index (χ0) is 21.0. The number of hydrogen-bond acceptors (Lipinski definition) is 0. The molecule has 0 spiro atoms. The van der Waals surface area contributed by atoms with E-state index < -0.39 is 16.1 Å². The van der Waals surface area contributed by atoms with E-state index in [1.807, 2.05) is 0 Å². The maximum Gasteiger partial charge on any atom is 1.00 e. The van der Waals surface area contributed by atoms with E-state index in [-0.39, 0.29) is 18.9 Å². The first-order valence-corrected chi connectivity index (χ1v) is 15.7. The van der Waals surface area contributed by atoms with Crippen molar-refractivity contribution >= 4 is 48.5 Å². The molecule has 4 aromatic carbocycles. The predicted molar refractivity (Wildman–Crippen MR) is 137 cm³/mol. The Balaban J connectivity index is 0.00000272. The summed E-state index contributed by atoms with van der Waals surface area (Å²) in [5, 5.41) is 5.41. The molecule has 150 valence electrons. The van der Waals surface area contributed by atoms with Gasteiger partial charge in [-0.3, -0.25) is 0 Å². The Kier molecular flexibility index (Phi) is 7.86. The molecule has 0 bridgehead atoms. The van der Waals surface area contributed by atoms with Crippen molar-refractivity contribution < 1.29 is 18.9 Å². The molecule has 0 aliphatic heterocycles. The van der Waals surface area contributed by atoms with Crippen LogP contribution in [-0.2, 0) is 0 Å². The van der Waals surface area contributed by atoms with E-state index in [2.05, 4.69) is 134 Å². The molecule has 0 N–H and O–H groups in total. The van der Waals surface area contributed by atoms with Crippen LogP contribution in [0.15, 0.2) is 121 Å². The van der Waals surface area contributed by atoms with Crippen LogP contribution in [0.4, 0.5) is 0 Å². The second-order valence-corrected chi connectivity index (χ2v) is 17.3. The molecule has 0 nitrogen and oxygen atoms in total. The molecule has 0 aromatic heterocycles. The molecule has 0 amide bonds. The fraction of sp³-hybridized carbons (Fsp3) is 0.0741. The van der Waals surface area contributed by atoms with Gasteiger partial charge in [0.2, 0.25) is 0 Å². The average Bonchev–Trinajstić information content (AvgIpc) is 2.84. The van der Waals surface area contributed by atoms with Crippen LogP contribution in [0, 0.1) is 4.62 Å². The average molecular weight is 449 g/mol. The van der Waals surface area contributed by atoms with E-state index in [1.54, 1.807) is 0 Å². The number of halogens is 1. The molecule has 0 atom stereocenters. The van der Waals surface area contributed by atoms with Crippen molar-refractivity contribution in [1.29, 1.82) is 0 Å². The molecular weight excluding hydrogens is 423 g/mol. The van der Waals surface area contributed by atoms with E-state index in [9.17, 15) is 0 Å². The van der Waals surface area contributed by atoms with E-state index in [0.717, 1.165) is 4.62 Å². The topological polar surface area (TPSA) is 0 Å². The molecule has 4 rings (SSSR count). The first-order valence-electron chi connectivity index (χ1n) is 10.3. The Bertz CT molecular complexity index is 905. The van der Waals surface area contributed by atoms with Crippen molar-refractivity contribution in [2.75, 3.05) is 0 Å². The summed E-state index contributed by atoms with van der Waals surface area (Å²) in [5.74, 6) is 0. The molecule has 31 heavy (non-hydrogen) atoms. The number of hydrogen-bond donors (Lipinski definition) is 0. The Morgan fingerprint density at radius 1 is 0.452 bits per heavy atom. The summed E-state index contributed by atoms with van der Waals surface area (Å²) in [6.07, 6.45) is 0. The van der Waals surface area contributed by atoms with Crippen LogP contribution in [0.1, 0.15) is 0 Å². The van der Waals surface area contributed by atoms with Gasteiger partial charge in [-0.05, 0) is 16.1 Å². The van der Waals surface area contributed by atoms with Gasteiger partial charge in [-0.25, -0.2) is 4.62 Å². The van der Waals surface area contributed by atoms with Crippen molar-refractivity contribution in [1.82, 2.24) is 0 Å². The Morgan fingerprint density at radius 3 is 0.839 bits per heavy atom. The molecule has 4 heteroatoms. The third kappa shape index (κ3) is 4.42. The fourth-order valence-corrected chi connectivity index (χ4v) is 16.6. The molecule has 0 heterocycles. The van der Waals surface area contributed by atoms with E-state index >= 15 is 0 Å². The van der Waals surface area contributed by atoms with Gasteiger partial charge < -0.3 is 11.6 Å². The maximum atomic E-state index is 7.67. The zero-order valence-corrected chi connectivity index (χ0v) is 21.2. The van der Waals surface area contributed by atoms with Crippen LogP contribution >= 0.6 is 11.6 Å². The predicted octanol–water partition coefficient (Wildman–Crippen LogP) is 1.63. The SMILES string of the molecule is C[Si](c1ccccc1)(c1ccccc1)[C-](Cl)[Si](C)(c1ccccc1)c1ccccc1.[Li+]. The van der Waals surface area contributed by atoms with Crippen LogP contribution in [0.3, 0.4) is 0 Å². The van der Waals surface area contributed by atoms with Gasteiger partial charge >= 0.3 is 18.9 Å². The summed E-state index contributed by atoms with van der Waals surface area (Å²) in [4.78, 5) is 0.